The molecule has 0 nitrogen and oxygen atoms in total. The molecule has 3 rings (SSSR count). The van der Waals surface area contributed by atoms with Crippen LogP contribution in [0.15, 0.2) is 48.5 Å². The van der Waals surface area contributed by atoms with Crippen molar-refractivity contribution in [3.8, 4) is 11.1 Å². The molecule has 24 heavy (non-hydrogen) atoms. The van der Waals surface area contributed by atoms with Crippen molar-refractivity contribution in [1.82, 2.24) is 0 Å². The third kappa shape index (κ3) is 3.33. The molecule has 0 amide bonds. The van der Waals surface area contributed by atoms with Gasteiger partial charge in [0.15, 0.2) is 0 Å². The predicted octanol–water partition coefficient (Wildman–Crippen LogP) is 7.49. The summed E-state index contributed by atoms with van der Waals surface area (Å²) < 4.78 is 0. The quantitative estimate of drug-likeness (QED) is 0.310. The summed E-state index contributed by atoms with van der Waals surface area (Å²) in [5.74, 6) is 0. The molecule has 0 saturated heterocycles. The van der Waals surface area contributed by atoms with Gasteiger partial charge in [-0.2, -0.15) is 0 Å². The number of alkyl halides is 1. The van der Waals surface area contributed by atoms with E-state index >= 15 is 0 Å². The smallest absolute Gasteiger partial charge is 0.0215 e. The maximum atomic E-state index is 3.56. The Morgan fingerprint density at radius 3 is 1.83 bits per heavy atom. The molecule has 0 unspecified atom stereocenters. The summed E-state index contributed by atoms with van der Waals surface area (Å²) in [7, 11) is 0. The van der Waals surface area contributed by atoms with Gasteiger partial charge in [0, 0.05) is 10.7 Å². The standard InChI is InChI=1S/C23H29Br/c1-2-3-16-23(17-10-4-5-11-18-24)21-14-8-6-12-19(21)20-13-7-9-15-22(20)23/h6-9,12-15H,2-5,10-11,16-18H2,1H3. The van der Waals surface area contributed by atoms with E-state index in [1.165, 1.54) is 62.5 Å². The summed E-state index contributed by atoms with van der Waals surface area (Å²) in [5.41, 5.74) is 6.37. The third-order valence-corrected chi connectivity index (χ3v) is 6.18. The third-order valence-electron chi connectivity index (χ3n) is 5.62. The minimum atomic E-state index is 0.248. The Balaban J connectivity index is 1.94. The Morgan fingerprint density at radius 2 is 1.25 bits per heavy atom. The first-order valence-electron chi connectivity index (χ1n) is 9.59. The zero-order valence-corrected chi connectivity index (χ0v) is 16.4. The van der Waals surface area contributed by atoms with Crippen molar-refractivity contribution in [2.24, 2.45) is 0 Å². The van der Waals surface area contributed by atoms with Gasteiger partial charge in [0.05, 0.1) is 0 Å². The van der Waals surface area contributed by atoms with Crippen molar-refractivity contribution in [2.75, 3.05) is 5.33 Å². The second kappa shape index (κ2) is 8.34. The molecule has 1 aliphatic carbocycles. The Bertz CT molecular complexity index is 613. The summed E-state index contributed by atoms with van der Waals surface area (Å²) in [6.07, 6.45) is 10.5. The SMILES string of the molecule is CCCCC1(CCCCCCBr)c2ccccc2-c2ccccc21. The van der Waals surface area contributed by atoms with Crippen LogP contribution in [-0.4, -0.2) is 5.33 Å². The molecule has 1 heteroatoms. The number of hydrogen-bond acceptors (Lipinski definition) is 0. The van der Waals surface area contributed by atoms with Crippen LogP contribution < -0.4 is 0 Å². The molecular formula is C23H29Br. The van der Waals surface area contributed by atoms with Crippen LogP contribution in [0.2, 0.25) is 0 Å². The summed E-state index contributed by atoms with van der Waals surface area (Å²) in [5, 5.41) is 1.14. The molecule has 0 radical (unpaired) electrons. The Hall–Kier alpha value is -1.08. The van der Waals surface area contributed by atoms with Gasteiger partial charge in [0.1, 0.15) is 0 Å². The van der Waals surface area contributed by atoms with Crippen molar-refractivity contribution in [3.63, 3.8) is 0 Å². The lowest BCUT2D eigenvalue weighted by Gasteiger charge is -2.32. The molecule has 0 fully saturated rings. The highest BCUT2D eigenvalue weighted by Crippen LogP contribution is 2.53. The predicted molar refractivity (Wildman–Crippen MR) is 109 cm³/mol. The fraction of sp³-hybridized carbons (Fsp3) is 0.478. The van der Waals surface area contributed by atoms with Gasteiger partial charge in [-0.3, -0.25) is 0 Å². The van der Waals surface area contributed by atoms with Crippen LogP contribution in [-0.2, 0) is 5.41 Å². The summed E-state index contributed by atoms with van der Waals surface area (Å²) in [4.78, 5) is 0. The maximum absolute atomic E-state index is 3.56. The fourth-order valence-corrected chi connectivity index (χ4v) is 4.83. The van der Waals surface area contributed by atoms with E-state index in [0.717, 1.165) is 5.33 Å². The summed E-state index contributed by atoms with van der Waals surface area (Å²) in [6.45, 7) is 2.32. The van der Waals surface area contributed by atoms with Gasteiger partial charge in [-0.05, 0) is 41.5 Å². The highest BCUT2D eigenvalue weighted by molar-refractivity contribution is 9.09. The number of unbranched alkanes of at least 4 members (excludes halogenated alkanes) is 4. The minimum absolute atomic E-state index is 0.248. The van der Waals surface area contributed by atoms with Crippen LogP contribution in [0.1, 0.15) is 69.4 Å². The van der Waals surface area contributed by atoms with Crippen LogP contribution in [0.5, 0.6) is 0 Å². The average molecular weight is 385 g/mol. The van der Waals surface area contributed by atoms with Gasteiger partial charge < -0.3 is 0 Å². The molecule has 0 aromatic heterocycles. The van der Waals surface area contributed by atoms with Gasteiger partial charge in [-0.25, -0.2) is 0 Å². The molecule has 0 N–H and O–H groups in total. The van der Waals surface area contributed by atoms with E-state index in [4.69, 9.17) is 0 Å². The first kappa shape index (κ1) is 17.7. The number of rotatable bonds is 9. The van der Waals surface area contributed by atoms with Gasteiger partial charge in [0.2, 0.25) is 0 Å². The molecule has 2 aromatic rings. The second-order valence-corrected chi connectivity index (χ2v) is 7.92. The number of halogens is 1. The number of fused-ring (bicyclic) bond motifs is 3. The molecular weight excluding hydrogens is 356 g/mol. The molecule has 0 spiro atoms. The van der Waals surface area contributed by atoms with Crippen molar-refractivity contribution < 1.29 is 0 Å². The van der Waals surface area contributed by atoms with Crippen molar-refractivity contribution >= 4 is 15.9 Å². The molecule has 0 bridgehead atoms. The lowest BCUT2D eigenvalue weighted by molar-refractivity contribution is 0.407. The molecule has 0 heterocycles. The van der Waals surface area contributed by atoms with Crippen LogP contribution >= 0.6 is 15.9 Å². The molecule has 0 aliphatic heterocycles. The lowest BCUT2D eigenvalue weighted by Crippen LogP contribution is -2.25. The molecule has 2 aromatic carbocycles. The van der Waals surface area contributed by atoms with E-state index in [9.17, 15) is 0 Å². The van der Waals surface area contributed by atoms with E-state index < -0.39 is 0 Å². The lowest BCUT2D eigenvalue weighted by atomic mass is 9.71. The van der Waals surface area contributed by atoms with Gasteiger partial charge in [0.25, 0.3) is 0 Å². The normalized spacial score (nSPS) is 14.4. The van der Waals surface area contributed by atoms with E-state index in [1.54, 1.807) is 11.1 Å². The molecule has 128 valence electrons. The molecule has 0 atom stereocenters. The number of benzene rings is 2. The van der Waals surface area contributed by atoms with E-state index in [1.807, 2.05) is 0 Å². The monoisotopic (exact) mass is 384 g/mol. The van der Waals surface area contributed by atoms with Crippen LogP contribution in [0.4, 0.5) is 0 Å². The Morgan fingerprint density at radius 1 is 0.708 bits per heavy atom. The zero-order chi connectivity index (χ0) is 16.8. The van der Waals surface area contributed by atoms with Crippen LogP contribution in [0.3, 0.4) is 0 Å². The second-order valence-electron chi connectivity index (χ2n) is 7.13. The molecule has 1 aliphatic rings. The topological polar surface area (TPSA) is 0 Å². The largest absolute Gasteiger partial charge is 0.0928 e. The van der Waals surface area contributed by atoms with Gasteiger partial charge in [-0.1, -0.05) is 103 Å². The average Bonchev–Trinajstić information content (AvgIpc) is 2.91. The first-order chi connectivity index (χ1) is 11.8. The van der Waals surface area contributed by atoms with Crippen LogP contribution in [0.25, 0.3) is 11.1 Å². The minimum Gasteiger partial charge on any atom is -0.0928 e. The van der Waals surface area contributed by atoms with Crippen molar-refractivity contribution in [2.45, 2.75) is 63.7 Å². The van der Waals surface area contributed by atoms with Gasteiger partial charge >= 0.3 is 0 Å². The van der Waals surface area contributed by atoms with E-state index in [-0.39, 0.29) is 5.41 Å². The van der Waals surface area contributed by atoms with Crippen LogP contribution in [0, 0.1) is 0 Å². The summed E-state index contributed by atoms with van der Waals surface area (Å²) >= 11 is 3.56. The van der Waals surface area contributed by atoms with E-state index in [0.29, 0.717) is 0 Å². The highest BCUT2D eigenvalue weighted by atomic mass is 79.9. The Kier molecular flexibility index (Phi) is 6.16. The van der Waals surface area contributed by atoms with Gasteiger partial charge in [-0.15, -0.1) is 0 Å². The first-order valence-corrected chi connectivity index (χ1v) is 10.7. The Labute approximate surface area is 155 Å². The fourth-order valence-electron chi connectivity index (χ4n) is 4.43. The summed E-state index contributed by atoms with van der Waals surface area (Å²) in [6, 6.07) is 18.3. The van der Waals surface area contributed by atoms with E-state index in [2.05, 4.69) is 71.4 Å². The van der Waals surface area contributed by atoms with Crippen molar-refractivity contribution in [1.29, 1.82) is 0 Å². The maximum Gasteiger partial charge on any atom is 0.0215 e. The van der Waals surface area contributed by atoms with Crippen molar-refractivity contribution in [3.05, 3.63) is 59.7 Å². The highest BCUT2D eigenvalue weighted by Gasteiger charge is 2.41. The molecule has 0 saturated carbocycles. The zero-order valence-electron chi connectivity index (χ0n) is 14.9. The number of hydrogen-bond donors (Lipinski definition) is 0.